The molecule has 0 amide bonds. The summed E-state index contributed by atoms with van der Waals surface area (Å²) in [6.07, 6.45) is 3.84. The molecule has 1 radical (unpaired) electrons. The molecule has 11 heavy (non-hydrogen) atoms. The quantitative estimate of drug-likeness (QED) is 0.645. The lowest BCUT2D eigenvalue weighted by Crippen LogP contribution is -1.83. The van der Waals surface area contributed by atoms with Crippen LogP contribution < -0.4 is 0 Å². The topological polar surface area (TPSA) is 30.2 Å². The number of fused-ring (bicyclic) bond motifs is 1. The predicted octanol–water partition coefficient (Wildman–Crippen LogP) is 1.67. The molecule has 0 fully saturated rings. The third-order valence-electron chi connectivity index (χ3n) is 1.70. The van der Waals surface area contributed by atoms with Crippen molar-refractivity contribution in [1.82, 2.24) is 14.6 Å². The minimum absolute atomic E-state index is 0.968. The van der Waals surface area contributed by atoms with E-state index in [4.69, 9.17) is 0 Å². The molecule has 4 heteroatoms. The number of hydrogen-bond donors (Lipinski definition) is 0. The molecule has 2 aromatic rings. The fraction of sp³-hybridized carbons (Fsp3) is 0.286. The standard InChI is InChI=1S/C7H8N3S/c1-3-6-5(2)10-4-8-9-7(10)11-6/h3-4H,1-2H3. The fourth-order valence-corrected chi connectivity index (χ4v) is 2.01. The molecule has 2 aromatic heterocycles. The van der Waals surface area contributed by atoms with Gasteiger partial charge in [0.05, 0.1) is 0 Å². The summed E-state index contributed by atoms with van der Waals surface area (Å²) in [6.45, 7) is 4.11. The Morgan fingerprint density at radius 2 is 2.45 bits per heavy atom. The van der Waals surface area contributed by atoms with Gasteiger partial charge >= 0.3 is 0 Å². The Morgan fingerprint density at radius 3 is 3.09 bits per heavy atom. The minimum atomic E-state index is 0.968. The summed E-state index contributed by atoms with van der Waals surface area (Å²) in [7, 11) is 0. The van der Waals surface area contributed by atoms with Crippen molar-refractivity contribution in [2.45, 2.75) is 13.8 Å². The lowest BCUT2D eigenvalue weighted by Gasteiger charge is -1.89. The van der Waals surface area contributed by atoms with Crippen LogP contribution >= 0.6 is 11.3 Å². The van der Waals surface area contributed by atoms with Crippen molar-refractivity contribution in [1.29, 1.82) is 0 Å². The molecule has 0 aliphatic carbocycles. The van der Waals surface area contributed by atoms with E-state index in [2.05, 4.69) is 23.5 Å². The van der Waals surface area contributed by atoms with Crippen LogP contribution in [0.3, 0.4) is 0 Å². The van der Waals surface area contributed by atoms with Gasteiger partial charge in [0.15, 0.2) is 0 Å². The maximum absolute atomic E-state index is 3.96. The first-order valence-corrected chi connectivity index (χ1v) is 4.23. The third kappa shape index (κ3) is 0.860. The third-order valence-corrected chi connectivity index (χ3v) is 2.91. The second kappa shape index (κ2) is 2.30. The number of aromatic nitrogens is 3. The molecule has 0 bridgehead atoms. The van der Waals surface area contributed by atoms with Gasteiger partial charge < -0.3 is 0 Å². The highest BCUT2D eigenvalue weighted by Crippen LogP contribution is 2.21. The van der Waals surface area contributed by atoms with Crippen LogP contribution in [0.1, 0.15) is 17.5 Å². The van der Waals surface area contributed by atoms with Gasteiger partial charge in [0.25, 0.3) is 0 Å². The Hall–Kier alpha value is -0.900. The molecule has 0 saturated heterocycles. The van der Waals surface area contributed by atoms with E-state index < -0.39 is 0 Å². The van der Waals surface area contributed by atoms with Crippen LogP contribution in [0.2, 0.25) is 0 Å². The van der Waals surface area contributed by atoms with Crippen molar-refractivity contribution in [2.24, 2.45) is 0 Å². The van der Waals surface area contributed by atoms with Gasteiger partial charge in [-0.2, -0.15) is 0 Å². The van der Waals surface area contributed by atoms with Crippen molar-refractivity contribution < 1.29 is 0 Å². The average Bonchev–Trinajstić information content (AvgIpc) is 2.53. The van der Waals surface area contributed by atoms with Crippen LogP contribution in [0.25, 0.3) is 4.96 Å². The molecular formula is C7H8N3S. The van der Waals surface area contributed by atoms with Crippen molar-refractivity contribution >= 4 is 16.3 Å². The number of rotatable bonds is 1. The van der Waals surface area contributed by atoms with Crippen molar-refractivity contribution in [3.63, 3.8) is 0 Å². The number of nitrogens with zero attached hydrogens (tertiary/aromatic N) is 3. The summed E-state index contributed by atoms with van der Waals surface area (Å²) in [5.74, 6) is 0. The molecule has 0 saturated carbocycles. The van der Waals surface area contributed by atoms with Crippen LogP contribution in [0.15, 0.2) is 6.33 Å². The van der Waals surface area contributed by atoms with E-state index in [0.29, 0.717) is 0 Å². The normalized spacial score (nSPS) is 11.1. The molecule has 0 unspecified atom stereocenters. The molecule has 0 aliphatic heterocycles. The van der Waals surface area contributed by atoms with E-state index in [0.717, 1.165) is 4.96 Å². The first-order chi connectivity index (χ1) is 5.33. The van der Waals surface area contributed by atoms with Gasteiger partial charge in [-0.1, -0.05) is 18.3 Å². The van der Waals surface area contributed by atoms with E-state index in [9.17, 15) is 0 Å². The number of aryl methyl sites for hydroxylation is 1. The zero-order chi connectivity index (χ0) is 7.84. The van der Waals surface area contributed by atoms with Crippen LogP contribution in [-0.2, 0) is 0 Å². The van der Waals surface area contributed by atoms with Crippen LogP contribution in [0.4, 0.5) is 0 Å². The average molecular weight is 166 g/mol. The monoisotopic (exact) mass is 166 g/mol. The van der Waals surface area contributed by atoms with E-state index in [1.807, 2.05) is 11.3 Å². The highest BCUT2D eigenvalue weighted by atomic mass is 32.1. The van der Waals surface area contributed by atoms with Gasteiger partial charge in [-0.05, 0) is 13.3 Å². The van der Waals surface area contributed by atoms with Crippen molar-refractivity contribution in [3.05, 3.63) is 23.3 Å². The Kier molecular flexibility index (Phi) is 1.42. The van der Waals surface area contributed by atoms with E-state index in [1.54, 1.807) is 17.7 Å². The molecule has 0 N–H and O–H groups in total. The smallest absolute Gasteiger partial charge is 0.216 e. The Bertz CT molecular complexity index is 374. The zero-order valence-electron chi connectivity index (χ0n) is 6.40. The molecule has 3 nitrogen and oxygen atoms in total. The van der Waals surface area contributed by atoms with Crippen LogP contribution in [-0.4, -0.2) is 14.6 Å². The summed E-state index contributed by atoms with van der Waals surface area (Å²) < 4.78 is 2.00. The predicted molar refractivity (Wildman–Crippen MR) is 44.7 cm³/mol. The van der Waals surface area contributed by atoms with Crippen molar-refractivity contribution in [3.8, 4) is 0 Å². The van der Waals surface area contributed by atoms with Crippen LogP contribution in [0.5, 0.6) is 0 Å². The first-order valence-electron chi connectivity index (χ1n) is 3.41. The first kappa shape index (κ1) is 6.79. The van der Waals surface area contributed by atoms with Gasteiger partial charge in [-0.15, -0.1) is 10.2 Å². The Labute approximate surface area is 68.7 Å². The van der Waals surface area contributed by atoms with Crippen molar-refractivity contribution in [2.75, 3.05) is 0 Å². The molecule has 2 heterocycles. The summed E-state index contributed by atoms with van der Waals surface area (Å²) >= 11 is 1.66. The Balaban J connectivity index is 2.76. The molecular weight excluding hydrogens is 158 g/mol. The van der Waals surface area contributed by atoms with Gasteiger partial charge in [0.1, 0.15) is 6.33 Å². The summed E-state index contributed by atoms with van der Waals surface area (Å²) in [4.78, 5) is 2.24. The SMILES string of the molecule is C[CH]c1sc2nncn2c1C. The maximum Gasteiger partial charge on any atom is 0.216 e. The van der Waals surface area contributed by atoms with Gasteiger partial charge in [-0.25, -0.2) is 0 Å². The zero-order valence-corrected chi connectivity index (χ0v) is 7.22. The second-order valence-corrected chi connectivity index (χ2v) is 3.33. The molecule has 0 spiro atoms. The molecule has 0 atom stereocenters. The lowest BCUT2D eigenvalue weighted by atomic mass is 10.3. The highest BCUT2D eigenvalue weighted by Gasteiger charge is 2.06. The van der Waals surface area contributed by atoms with E-state index in [1.165, 1.54) is 10.6 Å². The van der Waals surface area contributed by atoms with Gasteiger partial charge in [0, 0.05) is 10.6 Å². The fourth-order valence-electron chi connectivity index (χ4n) is 1.08. The molecule has 0 aliphatic rings. The van der Waals surface area contributed by atoms with Gasteiger partial charge in [0.2, 0.25) is 4.96 Å². The van der Waals surface area contributed by atoms with Crippen LogP contribution in [0, 0.1) is 13.3 Å². The van der Waals surface area contributed by atoms with Gasteiger partial charge in [-0.3, -0.25) is 4.40 Å². The summed E-state index contributed by atoms with van der Waals surface area (Å²) in [5.41, 5.74) is 1.22. The summed E-state index contributed by atoms with van der Waals surface area (Å²) in [6, 6.07) is 0. The number of hydrogen-bond acceptors (Lipinski definition) is 3. The lowest BCUT2D eigenvalue weighted by molar-refractivity contribution is 1.07. The molecule has 2 rings (SSSR count). The van der Waals surface area contributed by atoms with E-state index in [-0.39, 0.29) is 0 Å². The summed E-state index contributed by atoms with van der Waals surface area (Å²) in [5, 5.41) is 7.77. The molecule has 0 aromatic carbocycles. The second-order valence-electron chi connectivity index (χ2n) is 2.32. The maximum atomic E-state index is 3.96. The minimum Gasteiger partial charge on any atom is -0.277 e. The largest absolute Gasteiger partial charge is 0.277 e. The van der Waals surface area contributed by atoms with E-state index >= 15 is 0 Å². The Morgan fingerprint density at radius 1 is 1.64 bits per heavy atom. The molecule has 57 valence electrons. The highest BCUT2D eigenvalue weighted by molar-refractivity contribution is 7.17. The number of thiazole rings is 1.